The number of carbonyl (C=O) groups is 1. The average molecular weight is 331 g/mol. The van der Waals surface area contributed by atoms with E-state index in [2.05, 4.69) is 0 Å². The summed E-state index contributed by atoms with van der Waals surface area (Å²) in [5.41, 5.74) is 0.765. The fraction of sp³-hybridized carbons (Fsp3) is 0.462. The van der Waals surface area contributed by atoms with Crippen LogP contribution < -0.4 is 4.74 Å². The van der Waals surface area contributed by atoms with E-state index in [1.807, 2.05) is 0 Å². The molecule has 116 valence electrons. The first-order chi connectivity index (χ1) is 9.78. The summed E-state index contributed by atoms with van der Waals surface area (Å²) in [6.07, 6.45) is 0. The summed E-state index contributed by atoms with van der Waals surface area (Å²) < 4.78 is 31.9. The Labute approximate surface area is 128 Å². The van der Waals surface area contributed by atoms with Gasteiger partial charge in [0.25, 0.3) is 0 Å². The lowest BCUT2D eigenvalue weighted by molar-refractivity contribution is -0.140. The van der Waals surface area contributed by atoms with E-state index in [0.29, 0.717) is 0 Å². The van der Waals surface area contributed by atoms with Gasteiger partial charge in [0.15, 0.2) is 0 Å². The van der Waals surface area contributed by atoms with Crippen molar-refractivity contribution in [3.63, 3.8) is 0 Å². The summed E-state index contributed by atoms with van der Waals surface area (Å²) in [5.74, 6) is -0.681. The molecule has 0 spiro atoms. The van der Waals surface area contributed by atoms with Gasteiger partial charge in [-0.2, -0.15) is 4.31 Å². The number of nitrogens with zero attached hydrogens (tertiary/aromatic N) is 1. The predicted octanol–water partition coefficient (Wildman–Crippen LogP) is 1.54. The quantitative estimate of drug-likeness (QED) is 0.901. The molecule has 1 aliphatic heterocycles. The third kappa shape index (κ3) is 2.88. The van der Waals surface area contributed by atoms with Gasteiger partial charge in [0.1, 0.15) is 16.7 Å². The van der Waals surface area contributed by atoms with Crippen molar-refractivity contribution >= 4 is 27.8 Å². The highest BCUT2D eigenvalue weighted by Crippen LogP contribution is 2.37. The number of carboxylic acids is 1. The number of sulfonamides is 1. The molecule has 1 heterocycles. The number of carboxylic acid groups (broad SMARTS) is 1. The third-order valence-corrected chi connectivity index (χ3v) is 6.67. The van der Waals surface area contributed by atoms with Crippen LogP contribution in [0.1, 0.15) is 12.5 Å². The highest BCUT2D eigenvalue weighted by molar-refractivity contribution is 8.01. The maximum absolute atomic E-state index is 12.9. The minimum absolute atomic E-state index is 0.00519. The molecule has 2 unspecified atom stereocenters. The van der Waals surface area contributed by atoms with Crippen LogP contribution >= 0.6 is 11.8 Å². The Morgan fingerprint density at radius 2 is 2.14 bits per heavy atom. The van der Waals surface area contributed by atoms with Crippen LogP contribution in [-0.4, -0.2) is 48.1 Å². The number of rotatable bonds is 4. The molecule has 0 radical (unpaired) electrons. The second-order valence-corrected chi connectivity index (χ2v) is 7.94. The Hall–Kier alpha value is -1.25. The van der Waals surface area contributed by atoms with E-state index in [4.69, 9.17) is 4.74 Å². The number of thioether (sulfide) groups is 1. The summed E-state index contributed by atoms with van der Waals surface area (Å²) >= 11 is 1.31. The van der Waals surface area contributed by atoms with Crippen molar-refractivity contribution in [2.75, 3.05) is 12.9 Å². The molecule has 1 fully saturated rings. The summed E-state index contributed by atoms with van der Waals surface area (Å²) in [6.45, 7) is 3.46. The molecule has 8 heteroatoms. The highest BCUT2D eigenvalue weighted by Gasteiger charge is 2.45. The Bertz CT molecular complexity index is 659. The number of aliphatic carboxylic acids is 1. The Balaban J connectivity index is 2.56. The zero-order valence-corrected chi connectivity index (χ0v) is 13.6. The van der Waals surface area contributed by atoms with E-state index in [1.165, 1.54) is 24.9 Å². The van der Waals surface area contributed by atoms with Gasteiger partial charge in [-0.15, -0.1) is 11.8 Å². The lowest BCUT2D eigenvalue weighted by Crippen LogP contribution is -2.44. The fourth-order valence-electron chi connectivity index (χ4n) is 2.27. The monoisotopic (exact) mass is 331 g/mol. The zero-order chi connectivity index (χ0) is 15.8. The molecule has 1 aliphatic rings. The second-order valence-electron chi connectivity index (χ2n) is 4.78. The fourth-order valence-corrected chi connectivity index (χ4v) is 5.81. The van der Waals surface area contributed by atoms with E-state index in [-0.39, 0.29) is 16.4 Å². The number of benzene rings is 1. The van der Waals surface area contributed by atoms with E-state index < -0.39 is 27.4 Å². The van der Waals surface area contributed by atoms with Crippen LogP contribution in [-0.2, 0) is 14.8 Å². The SMILES string of the molecule is COc1ccc(C)cc1S(=O)(=O)N1C(C)SCC1C(=O)O. The first-order valence-corrected chi connectivity index (χ1v) is 8.80. The number of aryl methyl sites for hydroxylation is 1. The van der Waals surface area contributed by atoms with Crippen molar-refractivity contribution in [3.8, 4) is 5.75 Å². The van der Waals surface area contributed by atoms with Crippen molar-refractivity contribution < 1.29 is 23.1 Å². The van der Waals surface area contributed by atoms with Crippen molar-refractivity contribution in [2.45, 2.75) is 30.2 Å². The number of hydrogen-bond donors (Lipinski definition) is 1. The molecule has 1 saturated heterocycles. The molecule has 2 atom stereocenters. The van der Waals surface area contributed by atoms with Gasteiger partial charge >= 0.3 is 5.97 Å². The molecule has 1 aromatic rings. The third-order valence-electron chi connectivity index (χ3n) is 3.32. The van der Waals surface area contributed by atoms with Crippen molar-refractivity contribution in [1.29, 1.82) is 0 Å². The molecule has 0 bridgehead atoms. The Morgan fingerprint density at radius 1 is 1.48 bits per heavy atom. The molecule has 21 heavy (non-hydrogen) atoms. The van der Waals surface area contributed by atoms with Gasteiger partial charge < -0.3 is 9.84 Å². The average Bonchev–Trinajstić information content (AvgIpc) is 2.81. The maximum atomic E-state index is 12.9. The van der Waals surface area contributed by atoms with Gasteiger partial charge in [-0.05, 0) is 31.5 Å². The Kier molecular flexibility index (Phi) is 4.50. The predicted molar refractivity (Wildman–Crippen MR) is 80.1 cm³/mol. The molecule has 0 amide bonds. The van der Waals surface area contributed by atoms with Gasteiger partial charge in [-0.25, -0.2) is 8.42 Å². The number of ether oxygens (including phenoxy) is 1. The summed E-state index contributed by atoms with van der Waals surface area (Å²) in [4.78, 5) is 11.3. The molecule has 6 nitrogen and oxygen atoms in total. The van der Waals surface area contributed by atoms with Crippen molar-refractivity contribution in [2.24, 2.45) is 0 Å². The molecule has 0 saturated carbocycles. The summed E-state index contributed by atoms with van der Waals surface area (Å²) in [5, 5.41) is 8.81. The topological polar surface area (TPSA) is 83.9 Å². The van der Waals surface area contributed by atoms with Crippen LogP contribution in [0.2, 0.25) is 0 Å². The van der Waals surface area contributed by atoms with E-state index in [1.54, 1.807) is 26.0 Å². The van der Waals surface area contributed by atoms with Gasteiger partial charge in [0.2, 0.25) is 10.0 Å². The number of methoxy groups -OCH3 is 1. The lowest BCUT2D eigenvalue weighted by Gasteiger charge is -2.25. The molecule has 2 rings (SSSR count). The van der Waals surface area contributed by atoms with Crippen LogP contribution in [0.25, 0.3) is 0 Å². The smallest absolute Gasteiger partial charge is 0.322 e. The van der Waals surface area contributed by atoms with Gasteiger partial charge in [0, 0.05) is 5.75 Å². The van der Waals surface area contributed by atoms with Gasteiger partial charge in [-0.3, -0.25) is 4.79 Å². The van der Waals surface area contributed by atoms with Crippen molar-refractivity contribution in [1.82, 2.24) is 4.31 Å². The first kappa shape index (κ1) is 16.1. The largest absolute Gasteiger partial charge is 0.495 e. The van der Waals surface area contributed by atoms with Crippen LogP contribution in [0.4, 0.5) is 0 Å². The maximum Gasteiger partial charge on any atom is 0.322 e. The lowest BCUT2D eigenvalue weighted by atomic mass is 10.2. The van der Waals surface area contributed by atoms with E-state index in [9.17, 15) is 18.3 Å². The Morgan fingerprint density at radius 3 is 2.71 bits per heavy atom. The molecule has 1 N–H and O–H groups in total. The summed E-state index contributed by atoms with van der Waals surface area (Å²) in [6, 6.07) is 3.77. The minimum atomic E-state index is -3.94. The number of hydrogen-bond acceptors (Lipinski definition) is 5. The van der Waals surface area contributed by atoms with E-state index >= 15 is 0 Å². The highest BCUT2D eigenvalue weighted by atomic mass is 32.2. The standard InChI is InChI=1S/C13H17NO5S2/c1-8-4-5-11(19-3)12(6-8)21(17,18)14-9(2)20-7-10(14)13(15)16/h4-6,9-10H,7H2,1-3H3,(H,15,16). The zero-order valence-electron chi connectivity index (χ0n) is 11.9. The molecule has 1 aromatic carbocycles. The molecular weight excluding hydrogens is 314 g/mol. The first-order valence-electron chi connectivity index (χ1n) is 6.31. The van der Waals surface area contributed by atoms with Crippen LogP contribution in [0, 0.1) is 6.92 Å². The van der Waals surface area contributed by atoms with Crippen LogP contribution in [0.5, 0.6) is 5.75 Å². The minimum Gasteiger partial charge on any atom is -0.495 e. The molecule has 0 aromatic heterocycles. The summed E-state index contributed by atoms with van der Waals surface area (Å²) in [7, 11) is -2.55. The van der Waals surface area contributed by atoms with Crippen molar-refractivity contribution in [3.05, 3.63) is 23.8 Å². The van der Waals surface area contributed by atoms with Gasteiger partial charge in [-0.1, -0.05) is 6.07 Å². The van der Waals surface area contributed by atoms with Gasteiger partial charge in [0.05, 0.1) is 12.5 Å². The molecular formula is C13H17NO5S2. The van der Waals surface area contributed by atoms with E-state index in [0.717, 1.165) is 9.87 Å². The van der Waals surface area contributed by atoms with Crippen LogP contribution in [0.15, 0.2) is 23.1 Å². The normalized spacial score (nSPS) is 23.2. The molecule has 0 aliphatic carbocycles. The second kappa shape index (κ2) is 5.86. The van der Waals surface area contributed by atoms with Crippen LogP contribution in [0.3, 0.4) is 0 Å².